The number of fused-ring (bicyclic) bond motifs is 9. The molecule has 0 unspecified atom stereocenters. The summed E-state index contributed by atoms with van der Waals surface area (Å²) in [4.78, 5) is 0. The Balaban J connectivity index is 0.902. The summed E-state index contributed by atoms with van der Waals surface area (Å²) >= 11 is 0. The van der Waals surface area contributed by atoms with Crippen molar-refractivity contribution >= 4 is 50.9 Å². The van der Waals surface area contributed by atoms with Gasteiger partial charge in [0.2, 0.25) is 0 Å². The fourth-order valence-corrected chi connectivity index (χ4v) is 10.1. The molecule has 9 aromatic rings. The summed E-state index contributed by atoms with van der Waals surface area (Å²) in [5.41, 5.74) is 20.8. The molecule has 0 N–H and O–H groups in total. The van der Waals surface area contributed by atoms with Crippen LogP contribution in [0.15, 0.2) is 158 Å². The molecule has 3 nitrogen and oxygen atoms in total. The van der Waals surface area contributed by atoms with Gasteiger partial charge in [0.15, 0.2) is 0 Å². The molecule has 12 rings (SSSR count). The van der Waals surface area contributed by atoms with E-state index in [0.717, 1.165) is 44.2 Å². The van der Waals surface area contributed by atoms with Crippen molar-refractivity contribution in [1.29, 1.82) is 0 Å². The molecule has 3 aromatic heterocycles. The molecule has 272 valence electrons. The van der Waals surface area contributed by atoms with Crippen molar-refractivity contribution in [2.24, 2.45) is 0 Å². The summed E-state index contributed by atoms with van der Waals surface area (Å²) in [6.07, 6.45) is 20.7. The average Bonchev–Trinajstić information content (AvgIpc) is 3.92. The summed E-state index contributed by atoms with van der Waals surface area (Å²) in [5.74, 6) is 0. The molecule has 0 amide bonds. The first kappa shape index (κ1) is 32.4. The Labute approximate surface area is 332 Å². The van der Waals surface area contributed by atoms with Crippen molar-refractivity contribution in [3.05, 3.63) is 192 Å². The minimum Gasteiger partial charge on any atom is -0.310 e. The number of rotatable bonds is 5. The van der Waals surface area contributed by atoms with E-state index >= 15 is 0 Å². The van der Waals surface area contributed by atoms with Crippen LogP contribution in [0.5, 0.6) is 0 Å². The van der Waals surface area contributed by atoms with Crippen molar-refractivity contribution in [1.82, 2.24) is 13.7 Å². The van der Waals surface area contributed by atoms with Gasteiger partial charge in [-0.25, -0.2) is 0 Å². The summed E-state index contributed by atoms with van der Waals surface area (Å²) in [6.45, 7) is 0. The van der Waals surface area contributed by atoms with Gasteiger partial charge < -0.3 is 13.7 Å². The Hall–Kier alpha value is -6.84. The zero-order valence-electron chi connectivity index (χ0n) is 31.8. The first-order chi connectivity index (χ1) is 28.3. The van der Waals surface area contributed by atoms with E-state index in [-0.39, 0.29) is 0 Å². The maximum absolute atomic E-state index is 2.48. The van der Waals surface area contributed by atoms with E-state index in [1.54, 1.807) is 11.1 Å². The smallest absolute Gasteiger partial charge is 0.0541 e. The van der Waals surface area contributed by atoms with Crippen LogP contribution in [0.4, 0.5) is 0 Å². The summed E-state index contributed by atoms with van der Waals surface area (Å²) < 4.78 is 7.34. The molecule has 3 aliphatic rings. The van der Waals surface area contributed by atoms with E-state index in [4.69, 9.17) is 0 Å². The van der Waals surface area contributed by atoms with Crippen molar-refractivity contribution in [3.8, 4) is 39.3 Å². The molecule has 0 atom stereocenters. The molecule has 6 aromatic carbocycles. The van der Waals surface area contributed by atoms with Crippen LogP contribution in [0.3, 0.4) is 0 Å². The van der Waals surface area contributed by atoms with E-state index < -0.39 is 0 Å². The number of hydrogen-bond acceptors (Lipinski definition) is 0. The standard InChI is InChI=1S/C54H41N3/c1-6-19-49-43(14-1)44-15-2-7-20-50(44)55(49)40-29-24-36(25-30-40)38-12-11-13-42(34-38)57-53-23-10-5-18-47(53)48-35-39(28-33-54(48)57)37-26-31-41(32-27-37)56-51-21-8-3-16-45(51)46-17-4-9-22-52(46)56/h1,5-14,18-35H,2-4,15-17H2. The first-order valence-corrected chi connectivity index (χ1v) is 20.5. The van der Waals surface area contributed by atoms with Crippen molar-refractivity contribution < 1.29 is 0 Å². The highest BCUT2D eigenvalue weighted by Crippen LogP contribution is 2.39. The maximum atomic E-state index is 2.48. The highest BCUT2D eigenvalue weighted by atomic mass is 15.0. The third-order valence-corrected chi connectivity index (χ3v) is 12.7. The zero-order chi connectivity index (χ0) is 37.5. The van der Waals surface area contributed by atoms with Gasteiger partial charge >= 0.3 is 0 Å². The molecular formula is C54H41N3. The quantitative estimate of drug-likeness (QED) is 0.167. The molecule has 0 saturated heterocycles. The van der Waals surface area contributed by atoms with E-state index in [2.05, 4.69) is 190 Å². The van der Waals surface area contributed by atoms with Gasteiger partial charge in [-0.15, -0.1) is 0 Å². The molecule has 0 bridgehead atoms. The highest BCUT2D eigenvalue weighted by Gasteiger charge is 2.24. The highest BCUT2D eigenvalue weighted by molar-refractivity contribution is 6.10. The van der Waals surface area contributed by atoms with Gasteiger partial charge in [-0.1, -0.05) is 97.1 Å². The fourth-order valence-electron chi connectivity index (χ4n) is 10.1. The van der Waals surface area contributed by atoms with Crippen LogP contribution in [0.1, 0.15) is 53.0 Å². The molecule has 0 radical (unpaired) electrons. The second kappa shape index (κ2) is 12.9. The zero-order valence-corrected chi connectivity index (χ0v) is 31.8. The van der Waals surface area contributed by atoms with Crippen LogP contribution in [0, 0.1) is 0 Å². The molecular weight excluding hydrogens is 691 g/mol. The molecule has 0 aliphatic heterocycles. The van der Waals surface area contributed by atoms with Crippen molar-refractivity contribution in [3.63, 3.8) is 0 Å². The average molecular weight is 732 g/mol. The molecule has 3 heteroatoms. The molecule has 0 fully saturated rings. The molecule has 57 heavy (non-hydrogen) atoms. The molecule has 0 spiro atoms. The van der Waals surface area contributed by atoms with Gasteiger partial charge in [0.05, 0.1) is 16.6 Å². The predicted molar refractivity (Wildman–Crippen MR) is 240 cm³/mol. The normalized spacial score (nSPS) is 14.4. The minimum absolute atomic E-state index is 1.09. The lowest BCUT2D eigenvalue weighted by Crippen LogP contribution is -2.02. The van der Waals surface area contributed by atoms with Gasteiger partial charge in [0.25, 0.3) is 0 Å². The fraction of sp³-hybridized carbons (Fsp3) is 0.111. The van der Waals surface area contributed by atoms with Crippen LogP contribution in [0.2, 0.25) is 0 Å². The third kappa shape index (κ3) is 5.05. The van der Waals surface area contributed by atoms with Crippen LogP contribution < -0.4 is 0 Å². The summed E-state index contributed by atoms with van der Waals surface area (Å²) in [6, 6.07) is 52.0. The van der Waals surface area contributed by atoms with Crippen molar-refractivity contribution in [2.45, 2.75) is 38.5 Å². The number of nitrogens with zero attached hydrogens (tertiary/aromatic N) is 3. The second-order valence-corrected chi connectivity index (χ2v) is 15.8. The number of allylic oxidation sites excluding steroid dienone is 3. The number of hydrogen-bond donors (Lipinski definition) is 0. The molecule has 0 saturated carbocycles. The Morgan fingerprint density at radius 2 is 0.825 bits per heavy atom. The lowest BCUT2D eigenvalue weighted by molar-refractivity contribution is 0.922. The first-order valence-electron chi connectivity index (χ1n) is 20.5. The number of aromatic nitrogens is 3. The molecule has 3 heterocycles. The Morgan fingerprint density at radius 1 is 0.316 bits per heavy atom. The van der Waals surface area contributed by atoms with Crippen LogP contribution in [0.25, 0.3) is 90.3 Å². The Morgan fingerprint density at radius 3 is 1.49 bits per heavy atom. The third-order valence-electron chi connectivity index (χ3n) is 12.7. The van der Waals surface area contributed by atoms with Gasteiger partial charge in [-0.05, 0) is 156 Å². The maximum Gasteiger partial charge on any atom is 0.0541 e. The van der Waals surface area contributed by atoms with Crippen LogP contribution >= 0.6 is 0 Å². The van der Waals surface area contributed by atoms with E-state index in [9.17, 15) is 0 Å². The minimum atomic E-state index is 1.09. The van der Waals surface area contributed by atoms with Gasteiger partial charge in [-0.3, -0.25) is 0 Å². The Kier molecular flexibility index (Phi) is 7.31. The van der Waals surface area contributed by atoms with Crippen LogP contribution in [-0.2, 0) is 19.3 Å². The number of aryl methyl sites for hydroxylation is 1. The van der Waals surface area contributed by atoms with E-state index in [1.807, 2.05) is 0 Å². The largest absolute Gasteiger partial charge is 0.310 e. The summed E-state index contributed by atoms with van der Waals surface area (Å²) in [5, 5.41) is 3.90. The molecule has 3 aliphatic carbocycles. The van der Waals surface area contributed by atoms with Crippen molar-refractivity contribution in [2.75, 3.05) is 0 Å². The topological polar surface area (TPSA) is 14.8 Å². The number of para-hydroxylation sites is 2. The van der Waals surface area contributed by atoms with E-state index in [0.29, 0.717) is 0 Å². The number of benzene rings is 6. The summed E-state index contributed by atoms with van der Waals surface area (Å²) in [7, 11) is 0. The second-order valence-electron chi connectivity index (χ2n) is 15.8. The monoisotopic (exact) mass is 731 g/mol. The predicted octanol–water partition coefficient (Wildman–Crippen LogP) is 13.7. The van der Waals surface area contributed by atoms with Gasteiger partial charge in [-0.2, -0.15) is 0 Å². The van der Waals surface area contributed by atoms with Gasteiger partial charge in [0, 0.05) is 50.3 Å². The van der Waals surface area contributed by atoms with Gasteiger partial charge in [0.1, 0.15) is 0 Å². The van der Waals surface area contributed by atoms with Crippen LogP contribution in [-0.4, -0.2) is 13.7 Å². The lowest BCUT2D eigenvalue weighted by Gasteiger charge is -2.14. The SMILES string of the molecule is C1=Cc2c(c3c(n2-c2ccc(-c4ccc5c(c4)c4ccccc4n5-c4cccc(-c5ccc(-n6c7c(c8ccccc86)CCC=C7)cc5)c4)cc2)C=CCC3)CC1. The Bertz CT molecular complexity index is 3110. The lowest BCUT2D eigenvalue weighted by atomic mass is 9.94. The van der Waals surface area contributed by atoms with E-state index in [1.165, 1.54) is 89.0 Å².